The Morgan fingerprint density at radius 3 is 2.67 bits per heavy atom. The summed E-state index contributed by atoms with van der Waals surface area (Å²) in [5.74, 6) is 0.587. The van der Waals surface area contributed by atoms with Gasteiger partial charge in [0.05, 0.1) is 42.1 Å². The van der Waals surface area contributed by atoms with Crippen LogP contribution in [-0.4, -0.2) is 70.5 Å². The molecular formula is C24H31ClFN3O4. The number of amides is 1. The molecule has 1 aliphatic rings. The Morgan fingerprint density at radius 1 is 1.24 bits per heavy atom. The number of ether oxygens (including phenoxy) is 3. The fourth-order valence-corrected chi connectivity index (χ4v) is 4.19. The zero-order chi connectivity index (χ0) is 23.8. The van der Waals surface area contributed by atoms with Crippen LogP contribution in [0.1, 0.15) is 23.2 Å². The third-order valence-corrected chi connectivity index (χ3v) is 6.08. The van der Waals surface area contributed by atoms with Gasteiger partial charge in [0, 0.05) is 39.9 Å². The van der Waals surface area contributed by atoms with E-state index in [2.05, 4.69) is 15.5 Å². The summed E-state index contributed by atoms with van der Waals surface area (Å²) in [6, 6.07) is 9.22. The van der Waals surface area contributed by atoms with E-state index in [-0.39, 0.29) is 23.9 Å². The molecule has 0 spiro atoms. The van der Waals surface area contributed by atoms with Crippen LogP contribution in [0.25, 0.3) is 0 Å². The first kappa shape index (κ1) is 25.1. The third-order valence-electron chi connectivity index (χ3n) is 5.77. The lowest BCUT2D eigenvalue weighted by Gasteiger charge is -2.38. The molecule has 7 nitrogen and oxygen atoms in total. The number of methoxy groups -OCH3 is 2. The van der Waals surface area contributed by atoms with Crippen LogP contribution in [-0.2, 0) is 4.74 Å². The second-order valence-electron chi connectivity index (χ2n) is 7.88. The zero-order valence-electron chi connectivity index (χ0n) is 19.2. The highest BCUT2D eigenvalue weighted by Gasteiger charge is 2.31. The van der Waals surface area contributed by atoms with Crippen LogP contribution >= 0.6 is 11.6 Å². The Kier molecular flexibility index (Phi) is 9.17. The van der Waals surface area contributed by atoms with Gasteiger partial charge in [-0.05, 0) is 43.2 Å². The number of rotatable bonds is 10. The summed E-state index contributed by atoms with van der Waals surface area (Å²) in [5.41, 5.74) is 1.08. The largest absolute Gasteiger partial charge is 0.496 e. The van der Waals surface area contributed by atoms with Crippen molar-refractivity contribution in [1.82, 2.24) is 10.2 Å². The minimum atomic E-state index is -0.278. The van der Waals surface area contributed by atoms with Crippen molar-refractivity contribution in [3.05, 3.63) is 52.8 Å². The molecule has 1 amide bonds. The van der Waals surface area contributed by atoms with Crippen molar-refractivity contribution in [3.63, 3.8) is 0 Å². The summed E-state index contributed by atoms with van der Waals surface area (Å²) in [7, 11) is 4.94. The Labute approximate surface area is 199 Å². The molecule has 0 saturated carbocycles. The van der Waals surface area contributed by atoms with Gasteiger partial charge in [0.15, 0.2) is 0 Å². The number of anilines is 1. The Hall–Kier alpha value is -2.55. The molecule has 2 unspecified atom stereocenters. The van der Waals surface area contributed by atoms with Crippen molar-refractivity contribution in [2.24, 2.45) is 0 Å². The van der Waals surface area contributed by atoms with Gasteiger partial charge in [-0.15, -0.1) is 0 Å². The summed E-state index contributed by atoms with van der Waals surface area (Å²) >= 11 is 6.27. The molecule has 1 fully saturated rings. The molecule has 9 heteroatoms. The maximum absolute atomic E-state index is 13.0. The molecule has 3 rings (SSSR count). The summed E-state index contributed by atoms with van der Waals surface area (Å²) in [5, 5.41) is 6.51. The second-order valence-corrected chi connectivity index (χ2v) is 8.29. The molecule has 180 valence electrons. The predicted molar refractivity (Wildman–Crippen MR) is 127 cm³/mol. The normalized spacial score (nSPS) is 18.6. The Morgan fingerprint density at radius 2 is 2.00 bits per heavy atom. The van der Waals surface area contributed by atoms with Crippen LogP contribution in [0.15, 0.2) is 36.4 Å². The lowest BCUT2D eigenvalue weighted by Crippen LogP contribution is -2.55. The Balaban J connectivity index is 1.50. The quantitative estimate of drug-likeness (QED) is 0.505. The molecule has 2 aromatic rings. The van der Waals surface area contributed by atoms with E-state index in [0.717, 1.165) is 25.9 Å². The van der Waals surface area contributed by atoms with Crippen molar-refractivity contribution in [3.8, 4) is 11.5 Å². The molecular weight excluding hydrogens is 449 g/mol. The molecule has 0 bridgehead atoms. The first-order valence-electron chi connectivity index (χ1n) is 10.9. The topological polar surface area (TPSA) is 72.1 Å². The minimum absolute atomic E-state index is 0.123. The van der Waals surface area contributed by atoms with Gasteiger partial charge in [-0.2, -0.15) is 0 Å². The molecule has 2 aromatic carbocycles. The fraction of sp³-hybridized carbons (Fsp3) is 0.458. The number of halogens is 2. The van der Waals surface area contributed by atoms with Gasteiger partial charge in [0.25, 0.3) is 5.91 Å². The van der Waals surface area contributed by atoms with E-state index in [1.165, 1.54) is 19.2 Å². The number of carbonyl (C=O) groups excluding carboxylic acids is 1. The standard InChI is InChI=1S/C24H31ClFN3O4/c1-27-21-14-22(31-2)18(13-19(21)25)24(30)28-20-9-11-29(15-23(20)32-3)10-4-12-33-17-7-5-16(26)6-8-17/h5-8,13-14,20,23,27H,4,9-12,15H2,1-3H3,(H,28,30). The SMILES string of the molecule is CNc1cc(OC)c(C(=O)NC2CCN(CCCOc3ccc(F)cc3)CC2OC)cc1Cl. The highest BCUT2D eigenvalue weighted by atomic mass is 35.5. The van der Waals surface area contributed by atoms with Crippen molar-refractivity contribution in [1.29, 1.82) is 0 Å². The molecule has 1 heterocycles. The average molecular weight is 480 g/mol. The predicted octanol–water partition coefficient (Wildman–Crippen LogP) is 3.82. The van der Waals surface area contributed by atoms with Crippen LogP contribution in [0.5, 0.6) is 11.5 Å². The van der Waals surface area contributed by atoms with Gasteiger partial charge in [-0.3, -0.25) is 4.79 Å². The van der Waals surface area contributed by atoms with E-state index in [0.29, 0.717) is 40.9 Å². The summed E-state index contributed by atoms with van der Waals surface area (Å²) in [4.78, 5) is 15.3. The molecule has 1 aliphatic heterocycles. The van der Waals surface area contributed by atoms with E-state index >= 15 is 0 Å². The van der Waals surface area contributed by atoms with Gasteiger partial charge >= 0.3 is 0 Å². The lowest BCUT2D eigenvalue weighted by molar-refractivity contribution is 0.00527. The van der Waals surface area contributed by atoms with E-state index in [1.54, 1.807) is 38.4 Å². The summed E-state index contributed by atoms with van der Waals surface area (Å²) < 4.78 is 29.7. The van der Waals surface area contributed by atoms with Gasteiger partial charge in [0.1, 0.15) is 17.3 Å². The molecule has 0 aliphatic carbocycles. The maximum Gasteiger partial charge on any atom is 0.255 e. The highest BCUT2D eigenvalue weighted by molar-refractivity contribution is 6.33. The molecule has 2 N–H and O–H groups in total. The van der Waals surface area contributed by atoms with Crippen LogP contribution in [0.4, 0.5) is 10.1 Å². The number of nitrogens with zero attached hydrogens (tertiary/aromatic N) is 1. The number of hydrogen-bond donors (Lipinski definition) is 2. The minimum Gasteiger partial charge on any atom is -0.496 e. The number of nitrogens with one attached hydrogen (secondary N) is 2. The van der Waals surface area contributed by atoms with Gasteiger partial charge in [-0.1, -0.05) is 11.6 Å². The highest BCUT2D eigenvalue weighted by Crippen LogP contribution is 2.31. The molecule has 2 atom stereocenters. The van der Waals surface area contributed by atoms with Crippen LogP contribution < -0.4 is 20.1 Å². The monoisotopic (exact) mass is 479 g/mol. The van der Waals surface area contributed by atoms with Crippen LogP contribution in [0, 0.1) is 5.82 Å². The average Bonchev–Trinajstić information content (AvgIpc) is 2.83. The Bertz CT molecular complexity index is 929. The summed E-state index contributed by atoms with van der Waals surface area (Å²) in [6.07, 6.45) is 1.45. The van der Waals surface area contributed by atoms with Crippen molar-refractivity contribution < 1.29 is 23.4 Å². The van der Waals surface area contributed by atoms with Gasteiger partial charge in [0.2, 0.25) is 0 Å². The second kappa shape index (κ2) is 12.1. The summed E-state index contributed by atoms with van der Waals surface area (Å²) in [6.45, 7) is 2.92. The van der Waals surface area contributed by atoms with Gasteiger partial charge in [-0.25, -0.2) is 4.39 Å². The first-order chi connectivity index (χ1) is 15.9. The first-order valence-corrected chi connectivity index (χ1v) is 11.3. The van der Waals surface area contributed by atoms with E-state index < -0.39 is 0 Å². The van der Waals surface area contributed by atoms with E-state index in [1.807, 2.05) is 0 Å². The number of benzene rings is 2. The number of hydrogen-bond acceptors (Lipinski definition) is 6. The molecule has 1 saturated heterocycles. The fourth-order valence-electron chi connectivity index (χ4n) is 3.93. The van der Waals surface area contributed by atoms with Gasteiger partial charge < -0.3 is 29.7 Å². The van der Waals surface area contributed by atoms with Crippen molar-refractivity contribution in [2.75, 3.05) is 52.8 Å². The van der Waals surface area contributed by atoms with E-state index in [4.69, 9.17) is 25.8 Å². The van der Waals surface area contributed by atoms with Crippen LogP contribution in [0.3, 0.4) is 0 Å². The van der Waals surface area contributed by atoms with Crippen LogP contribution in [0.2, 0.25) is 5.02 Å². The molecule has 33 heavy (non-hydrogen) atoms. The number of piperidine rings is 1. The molecule has 0 radical (unpaired) electrons. The van der Waals surface area contributed by atoms with Crippen molar-refractivity contribution >= 4 is 23.2 Å². The zero-order valence-corrected chi connectivity index (χ0v) is 20.0. The maximum atomic E-state index is 13.0. The smallest absolute Gasteiger partial charge is 0.255 e. The third kappa shape index (κ3) is 6.72. The molecule has 0 aromatic heterocycles. The number of carbonyl (C=O) groups is 1. The van der Waals surface area contributed by atoms with Crippen molar-refractivity contribution in [2.45, 2.75) is 25.0 Å². The lowest BCUT2D eigenvalue weighted by atomic mass is 10.0. The number of likely N-dealkylation sites (tertiary alicyclic amines) is 1. The van der Waals surface area contributed by atoms with E-state index in [9.17, 15) is 9.18 Å².